The maximum atomic E-state index is 11.1. The van der Waals surface area contributed by atoms with E-state index in [2.05, 4.69) is 0 Å². The van der Waals surface area contributed by atoms with Crippen LogP contribution in [0.25, 0.3) is 0 Å². The van der Waals surface area contributed by atoms with Crippen molar-refractivity contribution in [2.75, 3.05) is 0 Å². The first kappa shape index (κ1) is 8.84. The topological polar surface area (TPSA) is 51.2 Å². The van der Waals surface area contributed by atoms with Crippen LogP contribution in [0.15, 0.2) is 12.2 Å². The molecule has 0 bridgehead atoms. The summed E-state index contributed by atoms with van der Waals surface area (Å²) in [5.41, 5.74) is 0. The van der Waals surface area contributed by atoms with Crippen molar-refractivity contribution in [3.8, 4) is 0 Å². The Hall–Kier alpha value is -1.25. The first-order valence-electron chi connectivity index (χ1n) is 3.92. The minimum Gasteiger partial charge on any atom is -0.298 e. The van der Waals surface area contributed by atoms with E-state index in [4.69, 9.17) is 0 Å². The lowest BCUT2D eigenvalue weighted by molar-refractivity contribution is -0.138. The molecule has 1 aliphatic carbocycles. The minimum absolute atomic E-state index is 0.210. The normalized spacial score (nSPS) is 22.9. The van der Waals surface area contributed by atoms with Crippen molar-refractivity contribution in [2.45, 2.75) is 19.8 Å². The molecule has 0 aliphatic heterocycles. The summed E-state index contributed by atoms with van der Waals surface area (Å²) in [5, 5.41) is 0. The number of hydrogen-bond donors (Lipinski definition) is 0. The van der Waals surface area contributed by atoms with Gasteiger partial charge in [0.2, 0.25) is 0 Å². The summed E-state index contributed by atoms with van der Waals surface area (Å²) in [7, 11) is 0. The fourth-order valence-corrected chi connectivity index (χ4v) is 1.21. The second-order valence-electron chi connectivity index (χ2n) is 2.73. The van der Waals surface area contributed by atoms with Gasteiger partial charge in [-0.15, -0.1) is 0 Å². The molecule has 0 amide bonds. The van der Waals surface area contributed by atoms with E-state index in [1.165, 1.54) is 12.2 Å². The summed E-state index contributed by atoms with van der Waals surface area (Å²) in [6.07, 6.45) is 3.28. The fraction of sp³-hybridized carbons (Fsp3) is 0.444. The zero-order chi connectivity index (χ0) is 9.14. The minimum atomic E-state index is -1.00. The van der Waals surface area contributed by atoms with Crippen molar-refractivity contribution >= 4 is 17.3 Å². The Morgan fingerprint density at radius 2 is 2.25 bits per heavy atom. The molecule has 1 unspecified atom stereocenters. The zero-order valence-electron chi connectivity index (χ0n) is 6.87. The van der Waals surface area contributed by atoms with Crippen molar-refractivity contribution in [3.63, 3.8) is 0 Å². The van der Waals surface area contributed by atoms with Gasteiger partial charge in [-0.2, -0.15) is 0 Å². The lowest BCUT2D eigenvalue weighted by Gasteiger charge is -2.12. The summed E-state index contributed by atoms with van der Waals surface area (Å²) in [5.74, 6) is -1.90. The predicted molar refractivity (Wildman–Crippen MR) is 42.6 cm³/mol. The standard InChI is InChI=1S/C9H10O3/c1-2-6(10)9-7(11)4-3-5-8(9)12/h3-4,9H,2,5H2,1H3. The Morgan fingerprint density at radius 3 is 2.75 bits per heavy atom. The van der Waals surface area contributed by atoms with Gasteiger partial charge in [0, 0.05) is 12.8 Å². The number of rotatable bonds is 2. The third-order valence-electron chi connectivity index (χ3n) is 1.88. The molecule has 1 atom stereocenters. The SMILES string of the molecule is CCC(=O)C1C(=O)C=CCC1=O. The number of carbonyl (C=O) groups excluding carboxylic acids is 3. The molecule has 3 heteroatoms. The van der Waals surface area contributed by atoms with Crippen molar-refractivity contribution in [1.82, 2.24) is 0 Å². The molecule has 3 nitrogen and oxygen atoms in total. The van der Waals surface area contributed by atoms with Gasteiger partial charge in [0.15, 0.2) is 17.3 Å². The molecule has 0 aromatic rings. The van der Waals surface area contributed by atoms with Crippen LogP contribution in [-0.2, 0) is 14.4 Å². The van der Waals surface area contributed by atoms with E-state index < -0.39 is 5.92 Å². The number of allylic oxidation sites excluding steroid dienone is 2. The molecule has 1 rings (SSSR count). The summed E-state index contributed by atoms with van der Waals surface area (Å²) < 4.78 is 0. The second kappa shape index (κ2) is 3.43. The van der Waals surface area contributed by atoms with Gasteiger partial charge in [0.1, 0.15) is 5.92 Å². The van der Waals surface area contributed by atoms with Crippen molar-refractivity contribution in [2.24, 2.45) is 5.92 Å². The lowest BCUT2D eigenvalue weighted by atomic mass is 9.87. The molecule has 0 saturated carbocycles. The third kappa shape index (κ3) is 1.49. The number of hydrogen-bond acceptors (Lipinski definition) is 3. The molecule has 0 radical (unpaired) electrons. The maximum Gasteiger partial charge on any atom is 0.173 e. The Morgan fingerprint density at radius 1 is 1.58 bits per heavy atom. The van der Waals surface area contributed by atoms with Crippen LogP contribution in [0.2, 0.25) is 0 Å². The molecule has 12 heavy (non-hydrogen) atoms. The second-order valence-corrected chi connectivity index (χ2v) is 2.73. The van der Waals surface area contributed by atoms with Crippen LogP contribution in [-0.4, -0.2) is 17.3 Å². The average Bonchev–Trinajstić information content (AvgIpc) is 2.03. The van der Waals surface area contributed by atoms with Gasteiger partial charge in [-0.3, -0.25) is 14.4 Å². The Bertz CT molecular complexity index is 263. The van der Waals surface area contributed by atoms with E-state index in [1.54, 1.807) is 6.92 Å². The van der Waals surface area contributed by atoms with Gasteiger partial charge >= 0.3 is 0 Å². The van der Waals surface area contributed by atoms with Crippen molar-refractivity contribution < 1.29 is 14.4 Å². The highest BCUT2D eigenvalue weighted by Crippen LogP contribution is 2.13. The van der Waals surface area contributed by atoms with Gasteiger partial charge in [-0.05, 0) is 6.08 Å². The highest BCUT2D eigenvalue weighted by atomic mass is 16.2. The van der Waals surface area contributed by atoms with E-state index in [0.717, 1.165) is 0 Å². The third-order valence-corrected chi connectivity index (χ3v) is 1.88. The van der Waals surface area contributed by atoms with Crippen molar-refractivity contribution in [3.05, 3.63) is 12.2 Å². The van der Waals surface area contributed by atoms with E-state index in [9.17, 15) is 14.4 Å². The van der Waals surface area contributed by atoms with Crippen LogP contribution in [0.3, 0.4) is 0 Å². The summed E-state index contributed by atoms with van der Waals surface area (Å²) in [4.78, 5) is 33.3. The average molecular weight is 166 g/mol. The van der Waals surface area contributed by atoms with Gasteiger partial charge in [0.05, 0.1) is 0 Å². The molecule has 1 aliphatic rings. The Kier molecular flexibility index (Phi) is 2.53. The van der Waals surface area contributed by atoms with E-state index in [0.29, 0.717) is 0 Å². The summed E-state index contributed by atoms with van der Waals surface area (Å²) >= 11 is 0. The molecule has 64 valence electrons. The molecule has 0 fully saturated rings. The molecule has 0 saturated heterocycles. The molecule has 0 heterocycles. The van der Waals surface area contributed by atoms with E-state index in [-0.39, 0.29) is 30.2 Å². The van der Waals surface area contributed by atoms with Gasteiger partial charge in [0.25, 0.3) is 0 Å². The van der Waals surface area contributed by atoms with Crippen LogP contribution in [0.5, 0.6) is 0 Å². The fourth-order valence-electron chi connectivity index (χ4n) is 1.21. The zero-order valence-corrected chi connectivity index (χ0v) is 6.87. The summed E-state index contributed by atoms with van der Waals surface area (Å²) in [6.45, 7) is 1.65. The Balaban J connectivity index is 2.87. The number of ketones is 3. The predicted octanol–water partition coefficient (Wildman–Crippen LogP) is 0.680. The van der Waals surface area contributed by atoms with Gasteiger partial charge in [-0.1, -0.05) is 13.0 Å². The summed E-state index contributed by atoms with van der Waals surface area (Å²) in [6, 6.07) is 0. The van der Waals surface area contributed by atoms with Crippen molar-refractivity contribution in [1.29, 1.82) is 0 Å². The Labute approximate surface area is 70.4 Å². The number of carbonyl (C=O) groups is 3. The molecular formula is C9H10O3. The number of Topliss-reactive ketones (excluding diaryl/α,β-unsaturated/α-hetero) is 2. The maximum absolute atomic E-state index is 11.1. The lowest BCUT2D eigenvalue weighted by Crippen LogP contribution is -2.32. The van der Waals surface area contributed by atoms with Gasteiger partial charge < -0.3 is 0 Å². The molecule has 0 aromatic carbocycles. The highest BCUT2D eigenvalue weighted by molar-refractivity contribution is 6.24. The monoisotopic (exact) mass is 166 g/mol. The van der Waals surface area contributed by atoms with E-state index >= 15 is 0 Å². The smallest absolute Gasteiger partial charge is 0.173 e. The van der Waals surface area contributed by atoms with Crippen LogP contribution < -0.4 is 0 Å². The molecule has 0 spiro atoms. The first-order chi connectivity index (χ1) is 5.66. The molecule has 0 N–H and O–H groups in total. The van der Waals surface area contributed by atoms with Crippen LogP contribution in [0.4, 0.5) is 0 Å². The molecule has 0 aromatic heterocycles. The van der Waals surface area contributed by atoms with Crippen LogP contribution in [0.1, 0.15) is 19.8 Å². The quantitative estimate of drug-likeness (QED) is 0.567. The molecular weight excluding hydrogens is 156 g/mol. The highest BCUT2D eigenvalue weighted by Gasteiger charge is 2.31. The van der Waals surface area contributed by atoms with Crippen LogP contribution in [0, 0.1) is 5.92 Å². The first-order valence-corrected chi connectivity index (χ1v) is 3.92. The van der Waals surface area contributed by atoms with Gasteiger partial charge in [-0.25, -0.2) is 0 Å². The largest absolute Gasteiger partial charge is 0.298 e. The van der Waals surface area contributed by atoms with E-state index in [1.807, 2.05) is 0 Å². The van der Waals surface area contributed by atoms with Crippen LogP contribution >= 0.6 is 0 Å².